The zero-order chi connectivity index (χ0) is 15.2. The van der Waals surface area contributed by atoms with Crippen LogP contribution in [0.2, 0.25) is 0 Å². The van der Waals surface area contributed by atoms with Gasteiger partial charge in [-0.3, -0.25) is 0 Å². The third kappa shape index (κ3) is 5.45. The molecule has 0 spiro atoms. The molecule has 1 heterocycles. The Morgan fingerprint density at radius 1 is 1.24 bits per heavy atom. The summed E-state index contributed by atoms with van der Waals surface area (Å²) in [6, 6.07) is 11.8. The van der Waals surface area contributed by atoms with Gasteiger partial charge in [0.1, 0.15) is 11.5 Å². The molecule has 0 radical (unpaired) electrons. The van der Waals surface area contributed by atoms with E-state index < -0.39 is 5.76 Å². The van der Waals surface area contributed by atoms with Crippen molar-refractivity contribution in [3.8, 4) is 0 Å². The van der Waals surface area contributed by atoms with Crippen LogP contribution in [-0.2, 0) is 12.3 Å². The van der Waals surface area contributed by atoms with Crippen molar-refractivity contribution in [2.75, 3.05) is 0 Å². The molecule has 114 valence electrons. The molecule has 1 atom stereocenters. The van der Waals surface area contributed by atoms with E-state index in [1.54, 1.807) is 6.07 Å². The van der Waals surface area contributed by atoms with Gasteiger partial charge in [0, 0.05) is 10.5 Å². The highest BCUT2D eigenvalue weighted by atomic mass is 79.9. The van der Waals surface area contributed by atoms with E-state index in [2.05, 4.69) is 40.3 Å². The molecule has 1 unspecified atom stereocenters. The van der Waals surface area contributed by atoms with Gasteiger partial charge >= 0.3 is 0 Å². The van der Waals surface area contributed by atoms with Gasteiger partial charge in [-0.1, -0.05) is 39.8 Å². The van der Waals surface area contributed by atoms with E-state index in [9.17, 15) is 8.78 Å². The predicted octanol–water partition coefficient (Wildman–Crippen LogP) is 5.35. The van der Waals surface area contributed by atoms with E-state index in [1.807, 2.05) is 18.2 Å². The van der Waals surface area contributed by atoms with E-state index in [4.69, 9.17) is 4.42 Å². The van der Waals surface area contributed by atoms with Crippen LogP contribution in [0.25, 0.3) is 0 Å². The normalized spacial score (nSPS) is 12.8. The van der Waals surface area contributed by atoms with E-state index in [1.165, 1.54) is 5.56 Å². The summed E-state index contributed by atoms with van der Waals surface area (Å²) in [5.74, 6) is -0.846. The van der Waals surface area contributed by atoms with Crippen LogP contribution in [0, 0.1) is 0 Å². The Labute approximate surface area is 135 Å². The first-order valence-electron chi connectivity index (χ1n) is 6.51. The van der Waals surface area contributed by atoms with Gasteiger partial charge in [0.15, 0.2) is 0 Å². The average molecular weight is 376 g/mol. The van der Waals surface area contributed by atoms with Crippen molar-refractivity contribution in [3.05, 3.63) is 58.0 Å². The Morgan fingerprint density at radius 3 is 2.71 bits per heavy atom. The van der Waals surface area contributed by atoms with Gasteiger partial charge in [0.05, 0.1) is 12.3 Å². The molecule has 0 aliphatic heterocycles. The van der Waals surface area contributed by atoms with Gasteiger partial charge in [0.2, 0.25) is 0 Å². The third-order valence-corrected chi connectivity index (χ3v) is 4.20. The molecule has 0 fully saturated rings. The van der Waals surface area contributed by atoms with Gasteiger partial charge in [-0.15, -0.1) is 0 Å². The molecule has 0 amide bonds. The summed E-state index contributed by atoms with van der Waals surface area (Å²) in [5.41, 5.74) is 1.17. The quantitative estimate of drug-likeness (QED) is 0.705. The average Bonchev–Trinajstić information content (AvgIpc) is 2.90. The van der Waals surface area contributed by atoms with Crippen LogP contribution in [0.15, 0.2) is 45.3 Å². The third-order valence-electron chi connectivity index (χ3n) is 3.00. The Kier molecular flexibility index (Phi) is 6.26. The van der Waals surface area contributed by atoms with Crippen molar-refractivity contribution in [2.24, 2.45) is 0 Å². The molecule has 0 aliphatic carbocycles. The minimum Gasteiger partial charge on any atom is -0.464 e. The second-order valence-corrected chi connectivity index (χ2v) is 6.49. The number of alkyl halides is 2. The first kappa shape index (κ1) is 16.5. The molecule has 1 aromatic heterocycles. The smallest absolute Gasteiger partial charge is 0.284 e. The maximum atomic E-state index is 12.1. The van der Waals surface area contributed by atoms with Crippen LogP contribution < -0.4 is 5.32 Å². The first-order valence-corrected chi connectivity index (χ1v) is 8.35. The number of hydrogen-bond donors (Lipinski definition) is 1. The van der Waals surface area contributed by atoms with Crippen LogP contribution in [0.1, 0.15) is 30.0 Å². The van der Waals surface area contributed by atoms with Crippen molar-refractivity contribution in [1.82, 2.24) is 5.32 Å². The minimum atomic E-state index is -2.37. The van der Waals surface area contributed by atoms with Crippen molar-refractivity contribution in [1.29, 1.82) is 0 Å². The largest absolute Gasteiger partial charge is 0.464 e. The zero-order valence-corrected chi connectivity index (χ0v) is 13.9. The highest BCUT2D eigenvalue weighted by molar-refractivity contribution is 9.10. The predicted molar refractivity (Wildman–Crippen MR) is 85.4 cm³/mol. The lowest BCUT2D eigenvalue weighted by molar-refractivity contribution is 0.251. The molecular weight excluding hydrogens is 360 g/mol. The molecule has 2 aromatic rings. The summed E-state index contributed by atoms with van der Waals surface area (Å²) in [4.78, 5) is 0. The number of thioether (sulfide) groups is 1. The van der Waals surface area contributed by atoms with Crippen LogP contribution >= 0.6 is 27.7 Å². The second-order valence-electron chi connectivity index (χ2n) is 4.60. The molecule has 2 rings (SSSR count). The molecule has 21 heavy (non-hydrogen) atoms. The van der Waals surface area contributed by atoms with Crippen LogP contribution in [0.3, 0.4) is 0 Å². The first-order chi connectivity index (χ1) is 10.0. The summed E-state index contributed by atoms with van der Waals surface area (Å²) in [6.45, 7) is 2.63. The Balaban J connectivity index is 1.85. The van der Waals surface area contributed by atoms with Crippen LogP contribution in [-0.4, -0.2) is 5.76 Å². The number of rotatable bonds is 7. The topological polar surface area (TPSA) is 25.2 Å². The molecular formula is C15H16BrF2NOS. The molecule has 2 nitrogen and oxygen atoms in total. The summed E-state index contributed by atoms with van der Waals surface area (Å²) >= 11 is 4.02. The molecule has 1 N–H and O–H groups in total. The van der Waals surface area contributed by atoms with Crippen LogP contribution in [0.5, 0.6) is 0 Å². The molecule has 0 aliphatic rings. The SMILES string of the molecule is CC(NCc1ccc(CSC(F)F)o1)c1cccc(Br)c1. The maximum Gasteiger partial charge on any atom is 0.284 e. The Bertz CT molecular complexity index is 576. The summed E-state index contributed by atoms with van der Waals surface area (Å²) < 4.78 is 30.8. The van der Waals surface area contributed by atoms with Crippen LogP contribution in [0.4, 0.5) is 8.78 Å². The van der Waals surface area contributed by atoms with Crippen molar-refractivity contribution in [3.63, 3.8) is 0 Å². The fourth-order valence-corrected chi connectivity index (χ4v) is 2.75. The van der Waals surface area contributed by atoms with E-state index in [0.717, 1.165) is 10.2 Å². The number of benzene rings is 1. The lowest BCUT2D eigenvalue weighted by Gasteiger charge is -2.13. The highest BCUT2D eigenvalue weighted by Crippen LogP contribution is 2.22. The van der Waals surface area contributed by atoms with Crippen molar-refractivity contribution < 1.29 is 13.2 Å². The summed E-state index contributed by atoms with van der Waals surface area (Å²) in [7, 11) is 0. The number of furan rings is 1. The monoisotopic (exact) mass is 375 g/mol. The number of nitrogens with one attached hydrogen (secondary N) is 1. The molecule has 0 saturated carbocycles. The molecule has 6 heteroatoms. The van der Waals surface area contributed by atoms with Gasteiger partial charge in [-0.25, -0.2) is 0 Å². The highest BCUT2D eigenvalue weighted by Gasteiger charge is 2.09. The number of halogens is 3. The van der Waals surface area contributed by atoms with Crippen molar-refractivity contribution in [2.45, 2.75) is 31.0 Å². The second kappa shape index (κ2) is 7.96. The lowest BCUT2D eigenvalue weighted by Crippen LogP contribution is -2.17. The minimum absolute atomic E-state index is 0.173. The lowest BCUT2D eigenvalue weighted by atomic mass is 10.1. The van der Waals surface area contributed by atoms with Gasteiger partial charge in [0.25, 0.3) is 5.76 Å². The fourth-order valence-electron chi connectivity index (χ4n) is 1.89. The number of hydrogen-bond acceptors (Lipinski definition) is 3. The van der Waals surface area contributed by atoms with Gasteiger partial charge in [-0.2, -0.15) is 8.78 Å². The molecule has 0 saturated heterocycles. The molecule has 0 bridgehead atoms. The molecule has 1 aromatic carbocycles. The Hall–Kier alpha value is -0.850. The van der Waals surface area contributed by atoms with E-state index >= 15 is 0 Å². The standard InChI is InChI=1S/C15H16BrF2NOS/c1-10(11-3-2-4-12(16)7-11)19-8-13-5-6-14(20-13)9-21-15(17)18/h2-7,10,15,19H,8-9H2,1H3. The maximum absolute atomic E-state index is 12.1. The summed E-state index contributed by atoms with van der Waals surface area (Å²) in [5, 5.41) is 3.35. The zero-order valence-electron chi connectivity index (χ0n) is 11.5. The fraction of sp³-hybridized carbons (Fsp3) is 0.333. The van der Waals surface area contributed by atoms with E-state index in [0.29, 0.717) is 24.1 Å². The van der Waals surface area contributed by atoms with Gasteiger partial charge < -0.3 is 9.73 Å². The van der Waals surface area contributed by atoms with Crippen molar-refractivity contribution >= 4 is 27.7 Å². The summed E-state index contributed by atoms with van der Waals surface area (Å²) in [6.07, 6.45) is 0. The van der Waals surface area contributed by atoms with Gasteiger partial charge in [-0.05, 0) is 36.8 Å². The Morgan fingerprint density at radius 2 is 2.00 bits per heavy atom. The van der Waals surface area contributed by atoms with E-state index in [-0.39, 0.29) is 11.8 Å².